The minimum atomic E-state index is -0.309. The molecule has 1 aromatic carbocycles. The molecule has 2 saturated heterocycles. The Bertz CT molecular complexity index is 760. The summed E-state index contributed by atoms with van der Waals surface area (Å²) in [6.07, 6.45) is 3.62. The molecule has 1 aromatic heterocycles. The SMILES string of the molecule is O=C(Cc1ccc(F)cc1)N1CC2(C[C@@H](Oc3ccccn3)CCO2)C1. The van der Waals surface area contributed by atoms with Gasteiger partial charge in [-0.3, -0.25) is 4.79 Å². The lowest BCUT2D eigenvalue weighted by atomic mass is 9.84. The van der Waals surface area contributed by atoms with Crippen molar-refractivity contribution in [2.75, 3.05) is 19.7 Å². The summed E-state index contributed by atoms with van der Waals surface area (Å²) in [7, 11) is 0. The maximum Gasteiger partial charge on any atom is 0.227 e. The van der Waals surface area contributed by atoms with Crippen LogP contribution in [0.25, 0.3) is 0 Å². The van der Waals surface area contributed by atoms with E-state index in [1.54, 1.807) is 23.2 Å². The van der Waals surface area contributed by atoms with E-state index in [1.165, 1.54) is 12.1 Å². The molecule has 2 aromatic rings. The summed E-state index contributed by atoms with van der Waals surface area (Å²) < 4.78 is 24.9. The summed E-state index contributed by atoms with van der Waals surface area (Å²) in [6.45, 7) is 1.78. The molecule has 0 saturated carbocycles. The predicted molar refractivity (Wildman–Crippen MR) is 93.3 cm³/mol. The molecule has 3 heterocycles. The van der Waals surface area contributed by atoms with Crippen LogP contribution in [0.2, 0.25) is 0 Å². The van der Waals surface area contributed by atoms with Gasteiger partial charge in [0.1, 0.15) is 17.5 Å². The summed E-state index contributed by atoms with van der Waals surface area (Å²) in [5.74, 6) is 0.371. The van der Waals surface area contributed by atoms with E-state index in [4.69, 9.17) is 9.47 Å². The number of amides is 1. The first-order valence-electron chi connectivity index (χ1n) is 8.86. The summed E-state index contributed by atoms with van der Waals surface area (Å²) in [6, 6.07) is 11.7. The number of benzene rings is 1. The highest BCUT2D eigenvalue weighted by molar-refractivity contribution is 5.80. The summed E-state index contributed by atoms with van der Waals surface area (Å²) in [5, 5.41) is 0. The minimum Gasteiger partial charge on any atom is -0.474 e. The first-order chi connectivity index (χ1) is 12.6. The maximum atomic E-state index is 13.0. The Hall–Kier alpha value is -2.47. The van der Waals surface area contributed by atoms with Gasteiger partial charge in [0.15, 0.2) is 0 Å². The third-order valence-corrected chi connectivity index (χ3v) is 4.95. The summed E-state index contributed by atoms with van der Waals surface area (Å²) >= 11 is 0. The van der Waals surface area contributed by atoms with Crippen LogP contribution in [0.15, 0.2) is 48.7 Å². The molecule has 1 spiro atoms. The summed E-state index contributed by atoms with van der Waals surface area (Å²) in [4.78, 5) is 18.4. The molecular weight excluding hydrogens is 335 g/mol. The molecule has 0 bridgehead atoms. The van der Waals surface area contributed by atoms with Crippen LogP contribution in [0, 0.1) is 5.82 Å². The van der Waals surface area contributed by atoms with Crippen molar-refractivity contribution >= 4 is 5.91 Å². The van der Waals surface area contributed by atoms with Crippen molar-refractivity contribution in [2.45, 2.75) is 31.0 Å². The van der Waals surface area contributed by atoms with E-state index in [0.29, 0.717) is 25.6 Å². The molecule has 0 unspecified atom stereocenters. The van der Waals surface area contributed by atoms with Gasteiger partial charge in [0.05, 0.1) is 26.1 Å². The fourth-order valence-electron chi connectivity index (χ4n) is 3.61. The first-order valence-corrected chi connectivity index (χ1v) is 8.86. The molecule has 136 valence electrons. The van der Waals surface area contributed by atoms with Crippen molar-refractivity contribution in [3.05, 3.63) is 60.0 Å². The number of carbonyl (C=O) groups excluding carboxylic acids is 1. The fourth-order valence-corrected chi connectivity index (χ4v) is 3.61. The second kappa shape index (κ2) is 7.03. The molecule has 2 aliphatic rings. The van der Waals surface area contributed by atoms with Gasteiger partial charge < -0.3 is 14.4 Å². The Morgan fingerprint density at radius 2 is 2.08 bits per heavy atom. The maximum absolute atomic E-state index is 13.0. The zero-order valence-electron chi connectivity index (χ0n) is 14.4. The second-order valence-electron chi connectivity index (χ2n) is 6.99. The molecule has 0 radical (unpaired) electrons. The van der Waals surface area contributed by atoms with Crippen LogP contribution in [0.5, 0.6) is 5.88 Å². The minimum absolute atomic E-state index is 0.0404. The van der Waals surface area contributed by atoms with E-state index in [1.807, 2.05) is 18.2 Å². The lowest BCUT2D eigenvalue weighted by Crippen LogP contribution is -2.67. The van der Waals surface area contributed by atoms with Gasteiger partial charge in [0, 0.05) is 25.1 Å². The lowest BCUT2D eigenvalue weighted by Gasteiger charge is -2.52. The molecule has 1 atom stereocenters. The van der Waals surface area contributed by atoms with Crippen molar-refractivity contribution in [3.8, 4) is 5.88 Å². The highest BCUT2D eigenvalue weighted by Crippen LogP contribution is 2.35. The number of carbonyl (C=O) groups is 1. The molecule has 4 rings (SSSR count). The van der Waals surface area contributed by atoms with Gasteiger partial charge in [-0.05, 0) is 23.8 Å². The Morgan fingerprint density at radius 3 is 2.81 bits per heavy atom. The number of likely N-dealkylation sites (tertiary alicyclic amines) is 1. The molecule has 26 heavy (non-hydrogen) atoms. The molecule has 5 nitrogen and oxygen atoms in total. The fraction of sp³-hybridized carbons (Fsp3) is 0.400. The van der Waals surface area contributed by atoms with Crippen LogP contribution in [0.4, 0.5) is 4.39 Å². The van der Waals surface area contributed by atoms with Gasteiger partial charge in [-0.1, -0.05) is 18.2 Å². The van der Waals surface area contributed by atoms with Crippen molar-refractivity contribution in [3.63, 3.8) is 0 Å². The number of hydrogen-bond acceptors (Lipinski definition) is 4. The van der Waals surface area contributed by atoms with Crippen LogP contribution in [0.3, 0.4) is 0 Å². The smallest absolute Gasteiger partial charge is 0.227 e. The van der Waals surface area contributed by atoms with Gasteiger partial charge in [-0.25, -0.2) is 9.37 Å². The molecule has 0 aliphatic carbocycles. The van der Waals surface area contributed by atoms with Crippen LogP contribution in [0.1, 0.15) is 18.4 Å². The average Bonchev–Trinajstić information content (AvgIpc) is 2.62. The average molecular weight is 356 g/mol. The largest absolute Gasteiger partial charge is 0.474 e. The third-order valence-electron chi connectivity index (χ3n) is 4.95. The van der Waals surface area contributed by atoms with Crippen molar-refractivity contribution in [1.29, 1.82) is 0 Å². The normalized spacial score (nSPS) is 21.3. The Labute approximate surface area is 151 Å². The summed E-state index contributed by atoms with van der Waals surface area (Å²) in [5.41, 5.74) is 0.508. The monoisotopic (exact) mass is 356 g/mol. The van der Waals surface area contributed by atoms with Gasteiger partial charge >= 0.3 is 0 Å². The predicted octanol–water partition coefficient (Wildman–Crippen LogP) is 2.60. The van der Waals surface area contributed by atoms with E-state index < -0.39 is 0 Å². The molecule has 0 N–H and O–H groups in total. The Morgan fingerprint density at radius 1 is 1.27 bits per heavy atom. The highest BCUT2D eigenvalue weighted by Gasteiger charge is 2.49. The van der Waals surface area contributed by atoms with Gasteiger partial charge in [-0.2, -0.15) is 0 Å². The number of aromatic nitrogens is 1. The number of nitrogens with zero attached hydrogens (tertiary/aromatic N) is 2. The molecule has 2 aliphatic heterocycles. The van der Waals surface area contributed by atoms with Crippen LogP contribution in [-0.2, 0) is 16.0 Å². The van der Waals surface area contributed by atoms with E-state index in [-0.39, 0.29) is 29.9 Å². The number of hydrogen-bond donors (Lipinski definition) is 0. The molecule has 6 heteroatoms. The van der Waals surface area contributed by atoms with Crippen molar-refractivity contribution in [1.82, 2.24) is 9.88 Å². The number of halogens is 1. The Kier molecular flexibility index (Phi) is 4.59. The number of pyridine rings is 1. The van der Waals surface area contributed by atoms with E-state index in [2.05, 4.69) is 4.98 Å². The molecular formula is C20H21FN2O3. The van der Waals surface area contributed by atoms with Crippen LogP contribution < -0.4 is 4.74 Å². The molecule has 2 fully saturated rings. The van der Waals surface area contributed by atoms with Crippen molar-refractivity contribution < 1.29 is 18.7 Å². The number of ether oxygens (including phenoxy) is 2. The van der Waals surface area contributed by atoms with Crippen LogP contribution >= 0.6 is 0 Å². The topological polar surface area (TPSA) is 51.7 Å². The van der Waals surface area contributed by atoms with Crippen molar-refractivity contribution in [2.24, 2.45) is 0 Å². The highest BCUT2D eigenvalue weighted by atomic mass is 19.1. The standard InChI is InChI=1S/C20H21FN2O3/c21-16-6-4-15(5-7-16)11-19(24)23-13-20(14-23)12-17(8-10-25-20)26-18-3-1-2-9-22-18/h1-7,9,17H,8,10-14H2/t17-/m0/s1. The van der Waals surface area contributed by atoms with Gasteiger partial charge in [0.25, 0.3) is 0 Å². The zero-order valence-corrected chi connectivity index (χ0v) is 14.4. The van der Waals surface area contributed by atoms with E-state index in [9.17, 15) is 9.18 Å². The second-order valence-corrected chi connectivity index (χ2v) is 6.99. The zero-order chi connectivity index (χ0) is 18.0. The first kappa shape index (κ1) is 17.0. The van der Waals surface area contributed by atoms with Gasteiger partial charge in [-0.15, -0.1) is 0 Å². The Balaban J connectivity index is 1.31. The van der Waals surface area contributed by atoms with Crippen LogP contribution in [-0.4, -0.2) is 47.2 Å². The van der Waals surface area contributed by atoms with E-state index in [0.717, 1.165) is 18.4 Å². The lowest BCUT2D eigenvalue weighted by molar-refractivity contribution is -0.193. The quantitative estimate of drug-likeness (QED) is 0.845. The van der Waals surface area contributed by atoms with E-state index >= 15 is 0 Å². The third kappa shape index (κ3) is 3.70. The molecule has 1 amide bonds. The number of rotatable bonds is 4. The van der Waals surface area contributed by atoms with Gasteiger partial charge in [0.2, 0.25) is 11.8 Å².